The molecule has 11 heavy (non-hydrogen) atoms. The van der Waals surface area contributed by atoms with Gasteiger partial charge in [-0.15, -0.1) is 10.2 Å². The van der Waals surface area contributed by atoms with Crippen LogP contribution in [0.3, 0.4) is 0 Å². The van der Waals surface area contributed by atoms with Gasteiger partial charge in [-0.05, 0) is 13.8 Å². The fourth-order valence-electron chi connectivity index (χ4n) is 1.16. The van der Waals surface area contributed by atoms with Crippen molar-refractivity contribution in [3.8, 4) is 0 Å². The van der Waals surface area contributed by atoms with E-state index in [0.29, 0.717) is 0 Å². The quantitative estimate of drug-likeness (QED) is 0.553. The minimum Gasteiger partial charge on any atom is -0.267 e. The van der Waals surface area contributed by atoms with Gasteiger partial charge in [-0.3, -0.25) is 4.40 Å². The molecule has 4 heteroatoms. The molecule has 2 aromatic heterocycles. The fourth-order valence-corrected chi connectivity index (χ4v) is 1.16. The van der Waals surface area contributed by atoms with E-state index in [0.717, 1.165) is 17.3 Å². The second kappa shape index (κ2) is 2.02. The Hall–Kier alpha value is -1.45. The second-order valence-corrected chi connectivity index (χ2v) is 2.43. The molecule has 0 atom stereocenters. The minimum atomic E-state index is 0.856. The molecule has 4 nitrogen and oxygen atoms in total. The van der Waals surface area contributed by atoms with Gasteiger partial charge in [-0.1, -0.05) is 0 Å². The summed E-state index contributed by atoms with van der Waals surface area (Å²) in [5.74, 6) is 1.80. The average molecular weight is 148 g/mol. The first-order valence-corrected chi connectivity index (χ1v) is 3.42. The van der Waals surface area contributed by atoms with Gasteiger partial charge in [0, 0.05) is 12.3 Å². The molecule has 0 aliphatic rings. The van der Waals surface area contributed by atoms with Gasteiger partial charge in [0.05, 0.1) is 0 Å². The Kier molecular flexibility index (Phi) is 1.15. The molecule has 0 fully saturated rings. The van der Waals surface area contributed by atoms with E-state index < -0.39 is 0 Å². The monoisotopic (exact) mass is 148 g/mol. The summed E-state index contributed by atoms with van der Waals surface area (Å²) in [5, 5.41) is 7.88. The Balaban J connectivity index is 2.96. The summed E-state index contributed by atoms with van der Waals surface area (Å²) in [6.45, 7) is 3.85. The summed E-state index contributed by atoms with van der Waals surface area (Å²) in [6.07, 6.45) is 1.73. The largest absolute Gasteiger partial charge is 0.267 e. The Bertz CT molecular complexity index is 390. The van der Waals surface area contributed by atoms with Gasteiger partial charge in [0.1, 0.15) is 11.6 Å². The van der Waals surface area contributed by atoms with Crippen LogP contribution in [0.4, 0.5) is 0 Å². The predicted octanol–water partition coefficient (Wildman–Crippen LogP) is 0.741. The third-order valence-electron chi connectivity index (χ3n) is 1.66. The van der Waals surface area contributed by atoms with Crippen LogP contribution in [0.1, 0.15) is 11.6 Å². The lowest BCUT2D eigenvalue weighted by Gasteiger charge is -1.96. The zero-order chi connectivity index (χ0) is 7.84. The number of aryl methyl sites for hydroxylation is 2. The van der Waals surface area contributed by atoms with Crippen LogP contribution >= 0.6 is 0 Å². The molecule has 0 saturated heterocycles. The zero-order valence-corrected chi connectivity index (χ0v) is 6.44. The highest BCUT2D eigenvalue weighted by molar-refractivity contribution is 5.36. The van der Waals surface area contributed by atoms with E-state index in [1.807, 2.05) is 24.3 Å². The summed E-state index contributed by atoms with van der Waals surface area (Å²) >= 11 is 0. The van der Waals surface area contributed by atoms with Crippen molar-refractivity contribution in [2.75, 3.05) is 0 Å². The minimum absolute atomic E-state index is 0.856. The summed E-state index contributed by atoms with van der Waals surface area (Å²) in [5.41, 5.74) is 0.856. The van der Waals surface area contributed by atoms with Gasteiger partial charge >= 0.3 is 0 Å². The molecule has 0 saturated carbocycles. The summed E-state index contributed by atoms with van der Waals surface area (Å²) < 4.78 is 1.92. The first kappa shape index (κ1) is 6.27. The molecule has 0 spiro atoms. The zero-order valence-electron chi connectivity index (χ0n) is 6.44. The number of hydrogen-bond acceptors (Lipinski definition) is 3. The first-order valence-electron chi connectivity index (χ1n) is 3.42. The van der Waals surface area contributed by atoms with Crippen molar-refractivity contribution in [1.29, 1.82) is 0 Å². The van der Waals surface area contributed by atoms with Crippen molar-refractivity contribution in [3.05, 3.63) is 23.9 Å². The molecule has 0 aliphatic carbocycles. The van der Waals surface area contributed by atoms with E-state index in [2.05, 4.69) is 15.2 Å². The number of aromatic nitrogens is 4. The number of fused-ring (bicyclic) bond motifs is 1. The van der Waals surface area contributed by atoms with Crippen LogP contribution < -0.4 is 0 Å². The van der Waals surface area contributed by atoms with Crippen molar-refractivity contribution in [1.82, 2.24) is 19.6 Å². The molecule has 2 aromatic rings. The summed E-state index contributed by atoms with van der Waals surface area (Å²) in [6, 6.07) is 1.84. The third kappa shape index (κ3) is 0.790. The maximum atomic E-state index is 4.12. The maximum absolute atomic E-state index is 4.12. The number of rotatable bonds is 0. The highest BCUT2D eigenvalue weighted by atomic mass is 15.3. The molecule has 2 heterocycles. The van der Waals surface area contributed by atoms with Crippen LogP contribution in [0.15, 0.2) is 12.3 Å². The smallest absolute Gasteiger partial charge is 0.163 e. The molecule has 0 unspecified atom stereocenters. The molecule has 0 N–H and O–H groups in total. The van der Waals surface area contributed by atoms with E-state index in [-0.39, 0.29) is 0 Å². The van der Waals surface area contributed by atoms with Gasteiger partial charge in [-0.25, -0.2) is 4.98 Å². The lowest BCUT2D eigenvalue weighted by Crippen LogP contribution is -1.95. The number of hydrogen-bond donors (Lipinski definition) is 0. The van der Waals surface area contributed by atoms with Crippen molar-refractivity contribution in [2.24, 2.45) is 0 Å². The lowest BCUT2D eigenvalue weighted by atomic mass is 10.5. The van der Waals surface area contributed by atoms with Crippen molar-refractivity contribution in [3.63, 3.8) is 0 Å². The van der Waals surface area contributed by atoms with E-state index >= 15 is 0 Å². The topological polar surface area (TPSA) is 43.1 Å². The molecular formula is C7H8N4. The molecule has 0 aromatic carbocycles. The van der Waals surface area contributed by atoms with Gasteiger partial charge in [0.25, 0.3) is 0 Å². The molecule has 56 valence electrons. The standard InChI is InChI=1S/C7H8N4/c1-5-8-4-3-7-10-9-6(2)11(5)7/h3-4H,1-2H3. The average Bonchev–Trinajstić information content (AvgIpc) is 2.34. The molecule has 0 bridgehead atoms. The van der Waals surface area contributed by atoms with Crippen LogP contribution in [0, 0.1) is 13.8 Å². The lowest BCUT2D eigenvalue weighted by molar-refractivity contribution is 0.929. The van der Waals surface area contributed by atoms with Crippen molar-refractivity contribution < 1.29 is 0 Å². The molecule has 2 rings (SSSR count). The Labute approximate surface area is 63.9 Å². The highest BCUT2D eigenvalue weighted by Crippen LogP contribution is 2.02. The molecule has 0 radical (unpaired) electrons. The Morgan fingerprint density at radius 3 is 2.73 bits per heavy atom. The van der Waals surface area contributed by atoms with Crippen LogP contribution in [0.5, 0.6) is 0 Å². The predicted molar refractivity (Wildman–Crippen MR) is 40.3 cm³/mol. The van der Waals surface area contributed by atoms with Gasteiger partial charge in [-0.2, -0.15) is 0 Å². The molecule has 0 aliphatic heterocycles. The third-order valence-corrected chi connectivity index (χ3v) is 1.66. The van der Waals surface area contributed by atoms with Crippen molar-refractivity contribution >= 4 is 5.65 Å². The second-order valence-electron chi connectivity index (χ2n) is 2.43. The van der Waals surface area contributed by atoms with Crippen LogP contribution in [-0.2, 0) is 0 Å². The van der Waals surface area contributed by atoms with Gasteiger partial charge in [0.2, 0.25) is 0 Å². The van der Waals surface area contributed by atoms with Crippen LogP contribution in [-0.4, -0.2) is 19.6 Å². The van der Waals surface area contributed by atoms with Crippen LogP contribution in [0.25, 0.3) is 5.65 Å². The maximum Gasteiger partial charge on any atom is 0.163 e. The molecule has 0 amide bonds. The number of nitrogens with zero attached hydrogens (tertiary/aromatic N) is 4. The fraction of sp³-hybridized carbons (Fsp3) is 0.286. The highest BCUT2D eigenvalue weighted by Gasteiger charge is 2.01. The Morgan fingerprint density at radius 2 is 2.00 bits per heavy atom. The van der Waals surface area contributed by atoms with Gasteiger partial charge < -0.3 is 0 Å². The van der Waals surface area contributed by atoms with E-state index in [1.54, 1.807) is 6.20 Å². The van der Waals surface area contributed by atoms with E-state index in [4.69, 9.17) is 0 Å². The first-order chi connectivity index (χ1) is 5.29. The summed E-state index contributed by atoms with van der Waals surface area (Å²) in [4.78, 5) is 4.12. The SMILES string of the molecule is Cc1nccc2nnc(C)n12. The summed E-state index contributed by atoms with van der Waals surface area (Å²) in [7, 11) is 0. The molecular weight excluding hydrogens is 140 g/mol. The normalized spacial score (nSPS) is 10.7. The van der Waals surface area contributed by atoms with Crippen molar-refractivity contribution in [2.45, 2.75) is 13.8 Å². The van der Waals surface area contributed by atoms with Gasteiger partial charge in [0.15, 0.2) is 5.65 Å². The van der Waals surface area contributed by atoms with E-state index in [9.17, 15) is 0 Å². The van der Waals surface area contributed by atoms with E-state index in [1.165, 1.54) is 0 Å². The van der Waals surface area contributed by atoms with Crippen LogP contribution in [0.2, 0.25) is 0 Å². The Morgan fingerprint density at radius 1 is 1.18 bits per heavy atom.